The van der Waals surface area contributed by atoms with Crippen molar-refractivity contribution < 1.29 is 9.47 Å². The van der Waals surface area contributed by atoms with Gasteiger partial charge in [0.15, 0.2) is 0 Å². The van der Waals surface area contributed by atoms with Crippen molar-refractivity contribution in [2.75, 3.05) is 33.4 Å². The fourth-order valence-electron chi connectivity index (χ4n) is 2.91. The maximum atomic E-state index is 5.84. The standard InChI is InChI=1S/C15H26N2O2S/c1-12-14(20-11-17-12)4-5-15(6-8-19-13(15)2)10-16-7-9-18-3/h11,13,16H,4-10H2,1-3H3. The van der Waals surface area contributed by atoms with Crippen molar-refractivity contribution in [3.8, 4) is 0 Å². The monoisotopic (exact) mass is 298 g/mol. The second kappa shape index (κ2) is 7.50. The summed E-state index contributed by atoms with van der Waals surface area (Å²) in [6, 6.07) is 0. The highest BCUT2D eigenvalue weighted by molar-refractivity contribution is 7.09. The molecule has 0 amide bonds. The van der Waals surface area contributed by atoms with Gasteiger partial charge in [-0.15, -0.1) is 11.3 Å². The summed E-state index contributed by atoms with van der Waals surface area (Å²) in [7, 11) is 1.74. The number of nitrogens with one attached hydrogen (secondary N) is 1. The van der Waals surface area contributed by atoms with Crippen LogP contribution in [0, 0.1) is 12.3 Å². The van der Waals surface area contributed by atoms with Gasteiger partial charge in [0.05, 0.1) is 23.9 Å². The number of nitrogens with zero attached hydrogens (tertiary/aromatic N) is 1. The third-order valence-electron chi connectivity index (χ3n) is 4.49. The number of hydrogen-bond donors (Lipinski definition) is 1. The van der Waals surface area contributed by atoms with Gasteiger partial charge in [-0.3, -0.25) is 0 Å². The SMILES string of the molecule is COCCNCC1(CCc2scnc2C)CCOC1C. The van der Waals surface area contributed by atoms with Gasteiger partial charge < -0.3 is 14.8 Å². The van der Waals surface area contributed by atoms with Gasteiger partial charge in [0.2, 0.25) is 0 Å². The Hall–Kier alpha value is -0.490. The van der Waals surface area contributed by atoms with Gasteiger partial charge in [0, 0.05) is 37.1 Å². The molecule has 1 N–H and O–H groups in total. The van der Waals surface area contributed by atoms with E-state index in [1.807, 2.05) is 5.51 Å². The first-order valence-corrected chi connectivity index (χ1v) is 8.26. The highest BCUT2D eigenvalue weighted by Gasteiger charge is 2.40. The van der Waals surface area contributed by atoms with Gasteiger partial charge in [-0.05, 0) is 33.1 Å². The first-order valence-electron chi connectivity index (χ1n) is 7.38. The van der Waals surface area contributed by atoms with Crippen LogP contribution in [0.15, 0.2) is 5.51 Å². The quantitative estimate of drug-likeness (QED) is 0.749. The number of aryl methyl sites for hydroxylation is 2. The Morgan fingerprint density at radius 2 is 2.45 bits per heavy atom. The molecule has 5 heteroatoms. The summed E-state index contributed by atoms with van der Waals surface area (Å²) in [6.07, 6.45) is 3.74. The number of thiazole rings is 1. The molecule has 0 spiro atoms. The fourth-order valence-corrected chi connectivity index (χ4v) is 3.69. The Labute approximate surface area is 125 Å². The zero-order chi connectivity index (χ0) is 14.4. The molecule has 20 heavy (non-hydrogen) atoms. The number of aromatic nitrogens is 1. The molecule has 2 heterocycles. The first-order chi connectivity index (χ1) is 9.68. The number of rotatable bonds is 8. The molecular formula is C15H26N2O2S. The second-order valence-corrected chi connectivity index (χ2v) is 6.60. The van der Waals surface area contributed by atoms with Crippen LogP contribution in [-0.4, -0.2) is 44.5 Å². The van der Waals surface area contributed by atoms with E-state index in [0.29, 0.717) is 6.10 Å². The average Bonchev–Trinajstić information content (AvgIpc) is 3.00. The van der Waals surface area contributed by atoms with Gasteiger partial charge in [-0.2, -0.15) is 0 Å². The normalized spacial score (nSPS) is 26.2. The molecule has 0 radical (unpaired) electrons. The third kappa shape index (κ3) is 3.79. The van der Waals surface area contributed by atoms with Gasteiger partial charge in [0.1, 0.15) is 0 Å². The van der Waals surface area contributed by atoms with E-state index in [-0.39, 0.29) is 5.41 Å². The van der Waals surface area contributed by atoms with E-state index in [0.717, 1.165) is 45.6 Å². The zero-order valence-electron chi connectivity index (χ0n) is 12.8. The Morgan fingerprint density at radius 3 is 3.05 bits per heavy atom. The lowest BCUT2D eigenvalue weighted by Gasteiger charge is -2.32. The van der Waals surface area contributed by atoms with Gasteiger partial charge in [-0.1, -0.05) is 0 Å². The summed E-state index contributed by atoms with van der Waals surface area (Å²) in [4.78, 5) is 5.76. The van der Waals surface area contributed by atoms with E-state index < -0.39 is 0 Å². The maximum absolute atomic E-state index is 5.84. The minimum absolute atomic E-state index is 0.254. The molecule has 1 saturated heterocycles. The third-order valence-corrected chi connectivity index (χ3v) is 5.48. The second-order valence-electron chi connectivity index (χ2n) is 5.66. The smallest absolute Gasteiger partial charge is 0.0797 e. The molecule has 0 aliphatic carbocycles. The number of hydrogen-bond acceptors (Lipinski definition) is 5. The topological polar surface area (TPSA) is 43.4 Å². The van der Waals surface area contributed by atoms with Crippen LogP contribution < -0.4 is 5.32 Å². The lowest BCUT2D eigenvalue weighted by atomic mass is 9.77. The molecule has 2 unspecified atom stereocenters. The van der Waals surface area contributed by atoms with E-state index >= 15 is 0 Å². The van der Waals surface area contributed by atoms with Gasteiger partial charge in [0.25, 0.3) is 0 Å². The Balaban J connectivity index is 1.91. The van der Waals surface area contributed by atoms with E-state index in [1.165, 1.54) is 10.6 Å². The lowest BCUT2D eigenvalue weighted by molar-refractivity contribution is 0.0576. The number of ether oxygens (including phenoxy) is 2. The van der Waals surface area contributed by atoms with Gasteiger partial charge in [-0.25, -0.2) is 4.98 Å². The molecule has 114 valence electrons. The molecule has 1 fully saturated rings. The summed E-state index contributed by atoms with van der Waals surface area (Å²) in [5.74, 6) is 0. The van der Waals surface area contributed by atoms with Crippen molar-refractivity contribution in [2.24, 2.45) is 5.41 Å². The average molecular weight is 298 g/mol. The zero-order valence-corrected chi connectivity index (χ0v) is 13.6. The summed E-state index contributed by atoms with van der Waals surface area (Å²) < 4.78 is 10.9. The molecule has 1 aliphatic heterocycles. The molecule has 0 saturated carbocycles. The Kier molecular flexibility index (Phi) is 5.96. The minimum Gasteiger partial charge on any atom is -0.383 e. The van der Waals surface area contributed by atoms with Crippen LogP contribution in [0.4, 0.5) is 0 Å². The largest absolute Gasteiger partial charge is 0.383 e. The highest BCUT2D eigenvalue weighted by Crippen LogP contribution is 2.39. The molecule has 4 nitrogen and oxygen atoms in total. The van der Waals surface area contributed by atoms with Crippen molar-refractivity contribution in [2.45, 2.75) is 39.2 Å². The van der Waals surface area contributed by atoms with Crippen LogP contribution in [0.1, 0.15) is 30.3 Å². The van der Waals surface area contributed by atoms with Crippen LogP contribution in [0.2, 0.25) is 0 Å². The molecule has 2 rings (SSSR count). The van der Waals surface area contributed by atoms with E-state index in [1.54, 1.807) is 18.4 Å². The van der Waals surface area contributed by atoms with Gasteiger partial charge >= 0.3 is 0 Å². The molecule has 1 aromatic rings. The fraction of sp³-hybridized carbons (Fsp3) is 0.800. The lowest BCUT2D eigenvalue weighted by Crippen LogP contribution is -2.41. The van der Waals surface area contributed by atoms with Crippen LogP contribution in [0.5, 0.6) is 0 Å². The summed E-state index contributed by atoms with van der Waals surface area (Å²) >= 11 is 1.77. The molecular weight excluding hydrogens is 272 g/mol. The Bertz CT molecular complexity index is 410. The van der Waals surface area contributed by atoms with Crippen molar-refractivity contribution in [3.63, 3.8) is 0 Å². The van der Waals surface area contributed by atoms with Crippen molar-refractivity contribution >= 4 is 11.3 Å². The predicted molar refractivity (Wildman–Crippen MR) is 82.4 cm³/mol. The number of methoxy groups -OCH3 is 1. The summed E-state index contributed by atoms with van der Waals surface area (Å²) in [5, 5.41) is 3.53. The molecule has 2 atom stereocenters. The maximum Gasteiger partial charge on any atom is 0.0797 e. The molecule has 1 aromatic heterocycles. The predicted octanol–water partition coefficient (Wildman–Crippen LogP) is 2.42. The van der Waals surface area contributed by atoms with Crippen molar-refractivity contribution in [1.29, 1.82) is 0 Å². The molecule has 0 bridgehead atoms. The van der Waals surface area contributed by atoms with Crippen LogP contribution in [-0.2, 0) is 15.9 Å². The van der Waals surface area contributed by atoms with Crippen molar-refractivity contribution in [1.82, 2.24) is 10.3 Å². The van der Waals surface area contributed by atoms with Crippen LogP contribution in [0.25, 0.3) is 0 Å². The minimum atomic E-state index is 0.254. The molecule has 0 aromatic carbocycles. The molecule has 1 aliphatic rings. The van der Waals surface area contributed by atoms with E-state index in [2.05, 4.69) is 24.1 Å². The first kappa shape index (κ1) is 15.9. The van der Waals surface area contributed by atoms with E-state index in [4.69, 9.17) is 9.47 Å². The van der Waals surface area contributed by atoms with E-state index in [9.17, 15) is 0 Å². The van der Waals surface area contributed by atoms with Crippen molar-refractivity contribution in [3.05, 3.63) is 16.1 Å². The summed E-state index contributed by atoms with van der Waals surface area (Å²) in [5.41, 5.74) is 3.39. The van der Waals surface area contributed by atoms with Crippen LogP contribution >= 0.6 is 11.3 Å². The highest BCUT2D eigenvalue weighted by atomic mass is 32.1. The van der Waals surface area contributed by atoms with Crippen LogP contribution in [0.3, 0.4) is 0 Å². The summed E-state index contributed by atoms with van der Waals surface area (Å²) in [6.45, 7) is 7.88. The Morgan fingerprint density at radius 1 is 1.60 bits per heavy atom.